The Morgan fingerprint density at radius 3 is 2.52 bits per heavy atom. The van der Waals surface area contributed by atoms with Gasteiger partial charge in [-0.25, -0.2) is 9.59 Å². The van der Waals surface area contributed by atoms with Crippen LogP contribution in [-0.4, -0.2) is 65.7 Å². The summed E-state index contributed by atoms with van der Waals surface area (Å²) in [5, 5.41) is 9.10. The van der Waals surface area contributed by atoms with Crippen molar-refractivity contribution in [1.29, 1.82) is 0 Å². The highest BCUT2D eigenvalue weighted by Gasteiger charge is 2.37. The number of hydrogen-bond donors (Lipinski definition) is 1. The van der Waals surface area contributed by atoms with Crippen LogP contribution < -0.4 is 0 Å². The number of amides is 2. The highest BCUT2D eigenvalue weighted by atomic mass is 16.5. The first kappa shape index (κ1) is 15.6. The maximum absolute atomic E-state index is 12.6. The minimum Gasteiger partial charge on any atom is -0.481 e. The maximum Gasteiger partial charge on any atom is 0.328 e. The molecule has 2 amide bonds. The van der Waals surface area contributed by atoms with Crippen molar-refractivity contribution in [2.45, 2.75) is 38.1 Å². The molecule has 0 aliphatic carbocycles. The molecule has 0 saturated carbocycles. The van der Waals surface area contributed by atoms with Crippen LogP contribution in [0.1, 0.15) is 32.1 Å². The highest BCUT2D eigenvalue weighted by Crippen LogP contribution is 2.23. The number of ether oxygens (including phenoxy) is 1. The fourth-order valence-electron chi connectivity index (χ4n) is 3.08. The van der Waals surface area contributed by atoms with E-state index in [-0.39, 0.29) is 12.6 Å². The second-order valence-electron chi connectivity index (χ2n) is 5.63. The summed E-state index contributed by atoms with van der Waals surface area (Å²) < 4.78 is 4.77. The zero-order chi connectivity index (χ0) is 15.4. The Balaban J connectivity index is 2.06. The van der Waals surface area contributed by atoms with Crippen molar-refractivity contribution in [3.63, 3.8) is 0 Å². The summed E-state index contributed by atoms with van der Waals surface area (Å²) in [6, 6.07) is -0.780. The molecule has 0 aromatic heterocycles. The molecule has 2 aliphatic rings. The lowest BCUT2D eigenvalue weighted by Gasteiger charge is -2.39. The molecule has 0 aromatic carbocycles. The first-order valence-electron chi connectivity index (χ1n) is 7.40. The average Bonchev–Trinajstić information content (AvgIpc) is 2.53. The van der Waals surface area contributed by atoms with E-state index in [0.717, 1.165) is 12.8 Å². The second-order valence-corrected chi connectivity index (χ2v) is 5.63. The molecule has 0 spiro atoms. The van der Waals surface area contributed by atoms with Crippen LogP contribution in [0.4, 0.5) is 4.79 Å². The van der Waals surface area contributed by atoms with Crippen LogP contribution in [0, 0.1) is 5.92 Å². The molecule has 1 N–H and O–H groups in total. The van der Waals surface area contributed by atoms with E-state index in [2.05, 4.69) is 0 Å². The van der Waals surface area contributed by atoms with Gasteiger partial charge in [0.15, 0.2) is 0 Å². The quantitative estimate of drug-likeness (QED) is 0.766. The van der Waals surface area contributed by atoms with Gasteiger partial charge in [-0.3, -0.25) is 4.79 Å². The number of likely N-dealkylation sites (tertiary alicyclic amines) is 2. The summed E-state index contributed by atoms with van der Waals surface area (Å²) in [5.41, 5.74) is 0. The van der Waals surface area contributed by atoms with Crippen molar-refractivity contribution in [2.75, 3.05) is 26.7 Å². The number of nitrogens with zero attached hydrogens (tertiary/aromatic N) is 2. The topological polar surface area (TPSA) is 87.2 Å². The van der Waals surface area contributed by atoms with Gasteiger partial charge in [-0.15, -0.1) is 0 Å². The van der Waals surface area contributed by atoms with Gasteiger partial charge in [-0.2, -0.15) is 0 Å². The molecule has 0 bridgehead atoms. The van der Waals surface area contributed by atoms with Crippen molar-refractivity contribution >= 4 is 18.0 Å². The third-order valence-corrected chi connectivity index (χ3v) is 4.26. The van der Waals surface area contributed by atoms with Crippen molar-refractivity contribution in [2.24, 2.45) is 5.92 Å². The molecule has 2 aliphatic heterocycles. The van der Waals surface area contributed by atoms with Gasteiger partial charge in [0.05, 0.1) is 13.0 Å². The monoisotopic (exact) mass is 298 g/mol. The van der Waals surface area contributed by atoms with Crippen LogP contribution >= 0.6 is 0 Å². The van der Waals surface area contributed by atoms with Crippen LogP contribution in [0.5, 0.6) is 0 Å². The Bertz CT molecular complexity index is 426. The van der Waals surface area contributed by atoms with Crippen LogP contribution in [0.3, 0.4) is 0 Å². The number of carbonyl (C=O) groups excluding carboxylic acids is 2. The number of hydrogen-bond acceptors (Lipinski definition) is 4. The largest absolute Gasteiger partial charge is 0.481 e. The Morgan fingerprint density at radius 1 is 1.10 bits per heavy atom. The Kier molecular flexibility index (Phi) is 5.03. The third kappa shape index (κ3) is 3.46. The number of aliphatic carboxylic acids is 1. The second kappa shape index (κ2) is 6.78. The summed E-state index contributed by atoms with van der Waals surface area (Å²) in [6.45, 7) is 1.29. The molecule has 7 nitrogen and oxygen atoms in total. The van der Waals surface area contributed by atoms with Crippen molar-refractivity contribution in [1.82, 2.24) is 9.80 Å². The fraction of sp³-hybridized carbons (Fsp3) is 0.786. The normalized spacial score (nSPS) is 26.3. The van der Waals surface area contributed by atoms with Gasteiger partial charge in [0, 0.05) is 19.6 Å². The fourth-order valence-corrected chi connectivity index (χ4v) is 3.08. The van der Waals surface area contributed by atoms with E-state index in [1.165, 1.54) is 7.11 Å². The van der Waals surface area contributed by atoms with E-state index in [9.17, 15) is 14.4 Å². The van der Waals surface area contributed by atoms with E-state index in [1.807, 2.05) is 0 Å². The highest BCUT2D eigenvalue weighted by molar-refractivity contribution is 5.84. The van der Waals surface area contributed by atoms with Crippen molar-refractivity contribution in [3.8, 4) is 0 Å². The zero-order valence-corrected chi connectivity index (χ0v) is 12.3. The molecule has 2 saturated heterocycles. The number of methoxy groups -OCH3 is 1. The van der Waals surface area contributed by atoms with Gasteiger partial charge < -0.3 is 19.6 Å². The zero-order valence-electron chi connectivity index (χ0n) is 12.3. The molecule has 1 unspecified atom stereocenters. The lowest BCUT2D eigenvalue weighted by Crippen LogP contribution is -2.55. The maximum atomic E-state index is 12.6. The summed E-state index contributed by atoms with van der Waals surface area (Å²) in [6.07, 6.45) is 3.63. The SMILES string of the molecule is COC(=O)C1CCCCN1C(=O)N1CCC[C@H](C(=O)O)C1. The number of esters is 1. The molecule has 2 atom stereocenters. The number of carboxylic acids is 1. The minimum absolute atomic E-state index is 0.221. The van der Waals surface area contributed by atoms with E-state index in [4.69, 9.17) is 9.84 Å². The van der Waals surface area contributed by atoms with Crippen LogP contribution in [0.2, 0.25) is 0 Å². The Morgan fingerprint density at radius 2 is 1.86 bits per heavy atom. The third-order valence-electron chi connectivity index (χ3n) is 4.26. The minimum atomic E-state index is -0.865. The Labute approximate surface area is 123 Å². The number of urea groups is 1. The first-order chi connectivity index (χ1) is 10.0. The molecule has 2 rings (SSSR count). The molecule has 7 heteroatoms. The van der Waals surface area contributed by atoms with E-state index in [1.54, 1.807) is 9.80 Å². The molecule has 2 fully saturated rings. The van der Waals surface area contributed by atoms with Gasteiger partial charge >= 0.3 is 18.0 Å². The number of piperidine rings is 2. The Hall–Kier alpha value is -1.79. The standard InChI is InChI=1S/C14H22N2O5/c1-21-13(19)11-6-2-3-8-16(11)14(20)15-7-4-5-10(9-15)12(17)18/h10-11H,2-9H2,1H3,(H,17,18)/t10-,11?/m0/s1. The lowest BCUT2D eigenvalue weighted by atomic mass is 9.98. The number of carboxylic acid groups (broad SMARTS) is 1. The number of rotatable bonds is 2. The summed E-state index contributed by atoms with van der Waals surface area (Å²) in [7, 11) is 1.32. The predicted molar refractivity (Wildman–Crippen MR) is 73.7 cm³/mol. The molecular weight excluding hydrogens is 276 g/mol. The van der Waals surface area contributed by atoms with E-state index >= 15 is 0 Å². The average molecular weight is 298 g/mol. The van der Waals surface area contributed by atoms with Crippen molar-refractivity contribution in [3.05, 3.63) is 0 Å². The predicted octanol–water partition coefficient (Wildman–Crippen LogP) is 0.930. The van der Waals surface area contributed by atoms with Gasteiger partial charge in [0.1, 0.15) is 6.04 Å². The molecule has 2 heterocycles. The van der Waals surface area contributed by atoms with Gasteiger partial charge in [-0.1, -0.05) is 0 Å². The first-order valence-corrected chi connectivity index (χ1v) is 7.40. The molecular formula is C14H22N2O5. The van der Waals surface area contributed by atoms with Crippen LogP contribution in [0.15, 0.2) is 0 Å². The summed E-state index contributed by atoms with van der Waals surface area (Å²) in [5.74, 6) is -1.77. The van der Waals surface area contributed by atoms with E-state index < -0.39 is 23.9 Å². The summed E-state index contributed by atoms with van der Waals surface area (Å²) in [4.78, 5) is 38.6. The van der Waals surface area contributed by atoms with Gasteiger partial charge in [0.25, 0.3) is 0 Å². The molecule has 21 heavy (non-hydrogen) atoms. The smallest absolute Gasteiger partial charge is 0.328 e. The van der Waals surface area contributed by atoms with E-state index in [0.29, 0.717) is 32.4 Å². The lowest BCUT2D eigenvalue weighted by molar-refractivity contribution is -0.148. The van der Waals surface area contributed by atoms with Crippen LogP contribution in [0.25, 0.3) is 0 Å². The van der Waals surface area contributed by atoms with Gasteiger partial charge in [-0.05, 0) is 32.1 Å². The van der Waals surface area contributed by atoms with Gasteiger partial charge in [0.2, 0.25) is 0 Å². The summed E-state index contributed by atoms with van der Waals surface area (Å²) >= 11 is 0. The van der Waals surface area contributed by atoms with Crippen molar-refractivity contribution < 1.29 is 24.2 Å². The molecule has 0 aromatic rings. The van der Waals surface area contributed by atoms with Crippen LogP contribution in [-0.2, 0) is 14.3 Å². The molecule has 0 radical (unpaired) electrons. The molecule has 118 valence electrons. The number of carbonyl (C=O) groups is 3.